The van der Waals surface area contributed by atoms with Gasteiger partial charge in [-0.3, -0.25) is 4.90 Å². The molecular formula is C15H32N2. The van der Waals surface area contributed by atoms with E-state index < -0.39 is 0 Å². The molecule has 2 nitrogen and oxygen atoms in total. The van der Waals surface area contributed by atoms with Crippen LogP contribution < -0.4 is 5.32 Å². The lowest BCUT2D eigenvalue weighted by Gasteiger charge is -2.36. The summed E-state index contributed by atoms with van der Waals surface area (Å²) >= 11 is 0. The van der Waals surface area contributed by atoms with E-state index in [1.165, 1.54) is 0 Å². The zero-order valence-electron chi connectivity index (χ0n) is 12.9. The van der Waals surface area contributed by atoms with E-state index in [4.69, 9.17) is 0 Å². The van der Waals surface area contributed by atoms with Crippen molar-refractivity contribution in [2.45, 2.75) is 66.1 Å². The third kappa shape index (κ3) is 6.85. The van der Waals surface area contributed by atoms with Gasteiger partial charge in [-0.25, -0.2) is 0 Å². The van der Waals surface area contributed by atoms with Crippen LogP contribution in [-0.4, -0.2) is 35.6 Å². The first-order chi connectivity index (χ1) is 7.69. The third-order valence-electron chi connectivity index (χ3n) is 3.30. The van der Waals surface area contributed by atoms with Gasteiger partial charge < -0.3 is 5.32 Å². The molecule has 0 aromatic rings. The molecule has 17 heavy (non-hydrogen) atoms. The maximum atomic E-state index is 3.85. The van der Waals surface area contributed by atoms with Gasteiger partial charge in [-0.15, -0.1) is 6.58 Å². The van der Waals surface area contributed by atoms with Crippen molar-refractivity contribution in [3.8, 4) is 0 Å². The zero-order valence-corrected chi connectivity index (χ0v) is 12.9. The van der Waals surface area contributed by atoms with Crippen LogP contribution in [0.5, 0.6) is 0 Å². The maximum absolute atomic E-state index is 3.85. The lowest BCUT2D eigenvalue weighted by Crippen LogP contribution is -2.47. The molecule has 0 aliphatic heterocycles. The molecule has 0 spiro atoms. The minimum atomic E-state index is 0.203. The Kier molecular flexibility index (Phi) is 7.03. The Morgan fingerprint density at radius 2 is 1.71 bits per heavy atom. The van der Waals surface area contributed by atoms with Crippen LogP contribution >= 0.6 is 0 Å². The molecule has 0 aliphatic rings. The van der Waals surface area contributed by atoms with Crippen LogP contribution in [0, 0.1) is 5.92 Å². The van der Waals surface area contributed by atoms with E-state index in [2.05, 4.69) is 65.3 Å². The van der Waals surface area contributed by atoms with Crippen LogP contribution in [0.4, 0.5) is 0 Å². The Morgan fingerprint density at radius 3 is 2.06 bits per heavy atom. The fraction of sp³-hybridized carbons (Fsp3) is 0.867. The van der Waals surface area contributed by atoms with Gasteiger partial charge in [-0.2, -0.15) is 0 Å². The summed E-state index contributed by atoms with van der Waals surface area (Å²) in [6.07, 6.45) is 2.00. The molecule has 1 N–H and O–H groups in total. The van der Waals surface area contributed by atoms with Crippen LogP contribution in [0.1, 0.15) is 48.5 Å². The summed E-state index contributed by atoms with van der Waals surface area (Å²) in [7, 11) is 0. The highest BCUT2D eigenvalue weighted by Crippen LogP contribution is 2.14. The first-order valence-electron chi connectivity index (χ1n) is 6.80. The summed E-state index contributed by atoms with van der Waals surface area (Å²) in [6, 6.07) is 1.14. The number of nitrogens with zero attached hydrogens (tertiary/aromatic N) is 1. The van der Waals surface area contributed by atoms with Crippen LogP contribution in [0.25, 0.3) is 0 Å². The van der Waals surface area contributed by atoms with Gasteiger partial charge in [0.2, 0.25) is 0 Å². The average Bonchev–Trinajstić information content (AvgIpc) is 2.20. The third-order valence-corrected chi connectivity index (χ3v) is 3.30. The molecule has 0 aromatic carbocycles. The molecular weight excluding hydrogens is 208 g/mol. The summed E-state index contributed by atoms with van der Waals surface area (Å²) in [4.78, 5) is 2.50. The van der Waals surface area contributed by atoms with Crippen molar-refractivity contribution in [3.63, 3.8) is 0 Å². The Morgan fingerprint density at radius 1 is 1.18 bits per heavy atom. The van der Waals surface area contributed by atoms with Crippen LogP contribution in [0.15, 0.2) is 12.7 Å². The van der Waals surface area contributed by atoms with E-state index in [-0.39, 0.29) is 5.54 Å². The molecule has 0 aromatic heterocycles. The standard InChI is InChI=1S/C15H32N2/c1-9-10-17(12(2)3)14(5)13(4)11-16-15(6,7)8/h9,12-14,16H,1,10-11H2,2-8H3. The van der Waals surface area contributed by atoms with Gasteiger partial charge in [0.15, 0.2) is 0 Å². The first-order valence-corrected chi connectivity index (χ1v) is 6.80. The minimum absolute atomic E-state index is 0.203. The van der Waals surface area contributed by atoms with Crippen molar-refractivity contribution in [2.75, 3.05) is 13.1 Å². The number of hydrogen-bond acceptors (Lipinski definition) is 2. The van der Waals surface area contributed by atoms with Crippen molar-refractivity contribution in [3.05, 3.63) is 12.7 Å². The van der Waals surface area contributed by atoms with E-state index in [1.807, 2.05) is 6.08 Å². The van der Waals surface area contributed by atoms with Gasteiger partial charge in [0, 0.05) is 24.2 Å². The highest BCUT2D eigenvalue weighted by atomic mass is 15.2. The van der Waals surface area contributed by atoms with E-state index >= 15 is 0 Å². The van der Waals surface area contributed by atoms with Gasteiger partial charge in [0.25, 0.3) is 0 Å². The quantitative estimate of drug-likeness (QED) is 0.687. The highest BCUT2D eigenvalue weighted by Gasteiger charge is 2.22. The normalized spacial score (nSPS) is 16.3. The van der Waals surface area contributed by atoms with E-state index in [0.717, 1.165) is 13.1 Å². The summed E-state index contributed by atoms with van der Waals surface area (Å²) in [5, 5.41) is 3.59. The monoisotopic (exact) mass is 240 g/mol. The lowest BCUT2D eigenvalue weighted by molar-refractivity contribution is 0.135. The van der Waals surface area contributed by atoms with Crippen molar-refractivity contribution in [1.29, 1.82) is 0 Å². The van der Waals surface area contributed by atoms with Gasteiger partial charge in [-0.05, 0) is 54.0 Å². The predicted molar refractivity (Wildman–Crippen MR) is 78.4 cm³/mol. The van der Waals surface area contributed by atoms with E-state index in [0.29, 0.717) is 18.0 Å². The molecule has 0 radical (unpaired) electrons. The van der Waals surface area contributed by atoms with Crippen LogP contribution in [0.2, 0.25) is 0 Å². The van der Waals surface area contributed by atoms with Crippen LogP contribution in [-0.2, 0) is 0 Å². The highest BCUT2D eigenvalue weighted by molar-refractivity contribution is 4.84. The molecule has 0 aliphatic carbocycles. The molecule has 0 saturated carbocycles. The molecule has 0 saturated heterocycles. The number of nitrogens with one attached hydrogen (secondary N) is 1. The minimum Gasteiger partial charge on any atom is -0.312 e. The van der Waals surface area contributed by atoms with E-state index in [9.17, 15) is 0 Å². The average molecular weight is 240 g/mol. The molecule has 0 rings (SSSR count). The Hall–Kier alpha value is -0.340. The molecule has 102 valence electrons. The molecule has 2 atom stereocenters. The predicted octanol–water partition coefficient (Wildman–Crippen LogP) is 3.30. The van der Waals surface area contributed by atoms with Crippen molar-refractivity contribution >= 4 is 0 Å². The Balaban J connectivity index is 4.34. The summed E-state index contributed by atoms with van der Waals surface area (Å²) in [5.41, 5.74) is 0.203. The fourth-order valence-corrected chi connectivity index (χ4v) is 1.96. The molecule has 0 amide bonds. The molecule has 0 fully saturated rings. The molecule has 2 unspecified atom stereocenters. The zero-order chi connectivity index (χ0) is 13.6. The van der Waals surface area contributed by atoms with Gasteiger partial charge in [-0.1, -0.05) is 13.0 Å². The second-order valence-corrected chi connectivity index (χ2v) is 6.43. The summed E-state index contributed by atoms with van der Waals surface area (Å²) in [5.74, 6) is 0.636. The van der Waals surface area contributed by atoms with Gasteiger partial charge in [0.1, 0.15) is 0 Å². The Bertz CT molecular complexity index is 215. The number of hydrogen-bond donors (Lipinski definition) is 1. The van der Waals surface area contributed by atoms with Gasteiger partial charge >= 0.3 is 0 Å². The fourth-order valence-electron chi connectivity index (χ4n) is 1.96. The SMILES string of the molecule is C=CCN(C(C)C)C(C)C(C)CNC(C)(C)C. The van der Waals surface area contributed by atoms with E-state index in [1.54, 1.807) is 0 Å². The molecule has 0 bridgehead atoms. The van der Waals surface area contributed by atoms with Gasteiger partial charge in [0.05, 0.1) is 0 Å². The smallest absolute Gasteiger partial charge is 0.0166 e. The first kappa shape index (κ1) is 16.7. The number of rotatable bonds is 7. The van der Waals surface area contributed by atoms with Crippen molar-refractivity contribution in [2.24, 2.45) is 5.92 Å². The lowest BCUT2D eigenvalue weighted by atomic mass is 9.98. The second kappa shape index (κ2) is 7.17. The molecule has 0 heterocycles. The van der Waals surface area contributed by atoms with Crippen molar-refractivity contribution in [1.82, 2.24) is 10.2 Å². The molecule has 2 heteroatoms. The summed E-state index contributed by atoms with van der Waals surface area (Å²) in [6.45, 7) is 21.7. The topological polar surface area (TPSA) is 15.3 Å². The largest absolute Gasteiger partial charge is 0.312 e. The summed E-state index contributed by atoms with van der Waals surface area (Å²) < 4.78 is 0. The van der Waals surface area contributed by atoms with Crippen molar-refractivity contribution < 1.29 is 0 Å². The maximum Gasteiger partial charge on any atom is 0.0166 e. The Labute approximate surface area is 108 Å². The second-order valence-electron chi connectivity index (χ2n) is 6.43. The van der Waals surface area contributed by atoms with Crippen LogP contribution in [0.3, 0.4) is 0 Å².